The molecule has 22 heteroatoms. The van der Waals surface area contributed by atoms with E-state index in [1.165, 1.54) is 0 Å². The van der Waals surface area contributed by atoms with E-state index in [-0.39, 0.29) is 59.1 Å². The Bertz CT molecular complexity index is 84.5. The van der Waals surface area contributed by atoms with Crippen LogP contribution in [0.2, 0.25) is 0 Å². The third-order valence-electron chi connectivity index (χ3n) is 0. The minimum Gasteiger partial charge on any atom is -0.907 e. The summed E-state index contributed by atoms with van der Waals surface area (Å²) in [6.45, 7) is 0. The molecule has 0 aromatic carbocycles. The van der Waals surface area contributed by atoms with Crippen LogP contribution in [0.15, 0.2) is 0 Å². The van der Waals surface area contributed by atoms with Crippen molar-refractivity contribution in [2.24, 2.45) is 0 Å². The minimum atomic E-state index is -2.92. The molecule has 0 bridgehead atoms. The van der Waals surface area contributed by atoms with E-state index in [0.717, 1.165) is 0 Å². The average Bonchev–Trinajstić information content (AvgIpc) is 1.94. The molecule has 0 atom stereocenters. The van der Waals surface area contributed by atoms with E-state index in [1.807, 2.05) is 0 Å². The predicted molar refractivity (Wildman–Crippen MR) is 28.8 cm³/mol. The summed E-state index contributed by atoms with van der Waals surface area (Å²) in [5, 5.41) is 126. The smallest absolute Gasteiger partial charge is 0.907 e. The zero-order valence-corrected chi connectivity index (χ0v) is 15.0. The number of hydrogen-bond donors (Lipinski definition) is 0. The maximum Gasteiger partial charge on any atom is 1.00 e. The first-order chi connectivity index (χ1) is 8.66. The fourth-order valence-electron chi connectivity index (χ4n) is 0. The van der Waals surface area contributed by atoms with Crippen LogP contribution >= 0.6 is 0 Å². The fourth-order valence-corrected chi connectivity index (χ4v) is 0. The Labute approximate surface area is 170 Å². The summed E-state index contributed by atoms with van der Waals surface area (Å²) in [5.74, 6) is 0. The quantitative estimate of drug-likeness (QED) is 0.369. The van der Waals surface area contributed by atoms with Crippen LogP contribution in [0.5, 0.6) is 0 Å². The number of rotatable bonds is 0. The van der Waals surface area contributed by atoms with Crippen LogP contribution in [0, 0.1) is 0 Å². The van der Waals surface area contributed by atoms with Gasteiger partial charge in [-0.05, 0) is 0 Å². The molecule has 0 aliphatic heterocycles. The van der Waals surface area contributed by atoms with Crippen LogP contribution in [0.4, 0.5) is 0 Å². The molecular weight excluding hydrogens is 340 g/mol. The van der Waals surface area contributed by atoms with Gasteiger partial charge < -0.3 is 75.4 Å². The topological polar surface area (TPSA) is 346 Å². The Hall–Kier alpha value is 1.72. The second-order valence-electron chi connectivity index (χ2n) is 1.44. The summed E-state index contributed by atoms with van der Waals surface area (Å²) < 4.78 is 0. The molecule has 22 heavy (non-hydrogen) atoms. The molecule has 0 amide bonds. The van der Waals surface area contributed by atoms with Crippen molar-refractivity contribution >= 4 is 36.6 Å². The van der Waals surface area contributed by atoms with Gasteiger partial charge in [-0.1, -0.05) is 0 Å². The molecule has 0 saturated heterocycles. The fraction of sp³-hybridized carbons (Fsp3) is 0. The SMILES string of the molecule is [Na+].[Na+].[O-]B([O-])[O-].[O-]B([O-])[O-].[O-]B([O-])[O-].[O-]B([O-])[O-].[O-]B([O-])[O-]. The third-order valence-corrected chi connectivity index (χ3v) is 0. The molecule has 0 spiro atoms. The number of hydrogen-bond acceptors (Lipinski definition) is 15. The predicted octanol–water partition coefficient (Wildman–Crippen LogP) is -25.7. The average molecular weight is 340 g/mol. The van der Waals surface area contributed by atoms with Crippen molar-refractivity contribution in [3.63, 3.8) is 0 Å². The van der Waals surface area contributed by atoms with Crippen molar-refractivity contribution < 1.29 is 134 Å². The van der Waals surface area contributed by atoms with Gasteiger partial charge in [-0.15, -0.1) is 0 Å². The van der Waals surface area contributed by atoms with E-state index >= 15 is 0 Å². The van der Waals surface area contributed by atoms with Crippen LogP contribution in [0.1, 0.15) is 0 Å². The van der Waals surface area contributed by atoms with E-state index in [9.17, 15) is 0 Å². The first kappa shape index (κ1) is 43.8. The van der Waals surface area contributed by atoms with Crippen molar-refractivity contribution in [2.45, 2.75) is 0 Å². The molecule has 0 fully saturated rings. The van der Waals surface area contributed by atoms with Gasteiger partial charge >= 0.3 is 59.1 Å². The molecule has 0 saturated carbocycles. The Kier molecular flexibility index (Phi) is 76.3. The van der Waals surface area contributed by atoms with Crippen LogP contribution in [-0.4, -0.2) is 36.6 Å². The normalized spacial score (nSPS) is 6.14. The molecule has 0 unspecified atom stereocenters. The molecule has 0 aromatic heterocycles. The Balaban J connectivity index is -0.0000000250. The second-order valence-corrected chi connectivity index (χ2v) is 1.44. The maximum absolute atomic E-state index is 8.42. The summed E-state index contributed by atoms with van der Waals surface area (Å²) in [6.07, 6.45) is 0. The van der Waals surface area contributed by atoms with E-state index in [0.29, 0.717) is 0 Å². The molecule has 0 aliphatic carbocycles. The summed E-state index contributed by atoms with van der Waals surface area (Å²) in [4.78, 5) is 0. The van der Waals surface area contributed by atoms with Crippen LogP contribution in [-0.2, 0) is 0 Å². The van der Waals surface area contributed by atoms with E-state index in [4.69, 9.17) is 75.4 Å². The van der Waals surface area contributed by atoms with Gasteiger partial charge in [0.05, 0.1) is 0 Å². The Morgan fingerprint density at radius 1 is 0.227 bits per heavy atom. The summed E-state index contributed by atoms with van der Waals surface area (Å²) in [7, 11) is -14.6. The standard InChI is InChI=1S/5BO3.2Na/c5*2-1(3)4;;/q5*-3;2*+1. The van der Waals surface area contributed by atoms with E-state index in [2.05, 4.69) is 0 Å². The summed E-state index contributed by atoms with van der Waals surface area (Å²) in [6, 6.07) is 0. The third kappa shape index (κ3) is 3140. The second kappa shape index (κ2) is 38.3. The zero-order chi connectivity index (χ0) is 17.9. The minimum absolute atomic E-state index is 0. The maximum atomic E-state index is 8.42. The summed E-state index contributed by atoms with van der Waals surface area (Å²) in [5.41, 5.74) is 0. The van der Waals surface area contributed by atoms with Gasteiger partial charge in [0.1, 0.15) is 0 Å². The van der Waals surface area contributed by atoms with E-state index < -0.39 is 36.6 Å². The first-order valence-corrected chi connectivity index (χ1v) is 3.54. The van der Waals surface area contributed by atoms with Gasteiger partial charge in [-0.2, -0.15) is 0 Å². The van der Waals surface area contributed by atoms with Gasteiger partial charge in [0.15, 0.2) is 0 Å². The van der Waals surface area contributed by atoms with Gasteiger partial charge in [-0.25, -0.2) is 0 Å². The van der Waals surface area contributed by atoms with Crippen molar-refractivity contribution in [1.29, 1.82) is 0 Å². The Morgan fingerprint density at radius 3 is 0.227 bits per heavy atom. The monoisotopic (exact) mass is 341 g/mol. The zero-order valence-electron chi connectivity index (χ0n) is 11.0. The van der Waals surface area contributed by atoms with Gasteiger partial charge in [-0.3, -0.25) is 36.6 Å². The van der Waals surface area contributed by atoms with Gasteiger partial charge in [0.25, 0.3) is 0 Å². The van der Waals surface area contributed by atoms with Crippen LogP contribution in [0.25, 0.3) is 0 Å². The molecular formula is B5Na2O15-13. The molecule has 0 heterocycles. The molecule has 0 aliphatic rings. The van der Waals surface area contributed by atoms with Crippen molar-refractivity contribution in [3.05, 3.63) is 0 Å². The molecule has 15 nitrogen and oxygen atoms in total. The van der Waals surface area contributed by atoms with Crippen molar-refractivity contribution in [1.82, 2.24) is 0 Å². The van der Waals surface area contributed by atoms with Crippen molar-refractivity contribution in [3.8, 4) is 0 Å². The van der Waals surface area contributed by atoms with Crippen LogP contribution in [0.3, 0.4) is 0 Å². The molecule has 0 rings (SSSR count). The largest absolute Gasteiger partial charge is 1.00 e. The summed E-state index contributed by atoms with van der Waals surface area (Å²) >= 11 is 0. The molecule has 0 N–H and O–H groups in total. The van der Waals surface area contributed by atoms with Gasteiger partial charge in [0, 0.05) is 0 Å². The van der Waals surface area contributed by atoms with E-state index in [1.54, 1.807) is 0 Å². The molecule has 120 valence electrons. The molecule has 0 radical (unpaired) electrons. The molecule has 0 aromatic rings. The van der Waals surface area contributed by atoms with Gasteiger partial charge in [0.2, 0.25) is 0 Å². The van der Waals surface area contributed by atoms with Crippen molar-refractivity contribution in [2.75, 3.05) is 0 Å². The Morgan fingerprint density at radius 2 is 0.227 bits per heavy atom. The first-order valence-electron chi connectivity index (χ1n) is 3.54. The van der Waals surface area contributed by atoms with Crippen LogP contribution < -0.4 is 134 Å².